The number of rotatable bonds is 0. The summed E-state index contributed by atoms with van der Waals surface area (Å²) in [6.07, 6.45) is 0. The monoisotopic (exact) mass is 203 g/mol. The Morgan fingerprint density at radius 3 is 2.75 bits per heavy atom. The number of nitrogens with zero attached hydrogens (tertiary/aromatic N) is 1. The summed E-state index contributed by atoms with van der Waals surface area (Å²) >= 11 is 11.9. The van der Waals surface area contributed by atoms with E-state index in [0.717, 1.165) is 5.69 Å². The maximum Gasteiger partial charge on any atom is 0.271 e. The Kier molecular flexibility index (Phi) is 1.63. The minimum absolute atomic E-state index is 0.713. The van der Waals surface area contributed by atoms with Crippen LogP contribution >= 0.6 is 23.4 Å². The van der Waals surface area contributed by atoms with Gasteiger partial charge in [-0.15, -0.1) is 0 Å². The quantitative estimate of drug-likeness (QED) is 0.366. The minimum Gasteiger partial charge on any atom is -0.451 e. The van der Waals surface area contributed by atoms with Crippen molar-refractivity contribution in [3.05, 3.63) is 24.3 Å². The first-order valence-electron chi connectivity index (χ1n) is 3.54. The molecular weight excluding hydrogens is 197 g/mol. The summed E-state index contributed by atoms with van der Waals surface area (Å²) in [6.45, 7) is 1.70. The van der Waals surface area contributed by atoms with E-state index in [1.807, 2.05) is 24.3 Å². The second-order valence-corrected chi connectivity index (χ2v) is 3.76. The van der Waals surface area contributed by atoms with Crippen molar-refractivity contribution in [2.75, 3.05) is 4.42 Å². The molecule has 12 heavy (non-hydrogen) atoms. The van der Waals surface area contributed by atoms with E-state index in [9.17, 15) is 0 Å². The first kappa shape index (κ1) is 8.02. The van der Waals surface area contributed by atoms with Crippen LogP contribution in [0.15, 0.2) is 24.3 Å². The molecule has 1 aliphatic heterocycles. The summed E-state index contributed by atoms with van der Waals surface area (Å²) < 4.78 is 6.74. The fourth-order valence-corrected chi connectivity index (χ4v) is 1.51. The Morgan fingerprint density at radius 2 is 2.08 bits per heavy atom. The highest BCUT2D eigenvalue weighted by Crippen LogP contribution is 2.44. The molecule has 0 radical (unpaired) electrons. The number of anilines is 1. The third-order valence-electron chi connectivity index (χ3n) is 1.72. The van der Waals surface area contributed by atoms with Crippen molar-refractivity contribution in [3.63, 3.8) is 0 Å². The number of para-hydroxylation sites is 2. The number of halogens is 2. The molecule has 0 saturated heterocycles. The fraction of sp³-hybridized carbons (Fsp3) is 0.250. The van der Waals surface area contributed by atoms with E-state index in [-0.39, 0.29) is 0 Å². The van der Waals surface area contributed by atoms with Gasteiger partial charge in [0, 0.05) is 18.7 Å². The third kappa shape index (κ3) is 1.03. The van der Waals surface area contributed by atoms with Crippen LogP contribution in [0, 0.1) is 0 Å². The zero-order chi connectivity index (χ0) is 8.77. The van der Waals surface area contributed by atoms with Gasteiger partial charge in [-0.2, -0.15) is 0 Å². The van der Waals surface area contributed by atoms with Crippen molar-refractivity contribution in [2.45, 2.75) is 12.1 Å². The van der Waals surface area contributed by atoms with Gasteiger partial charge < -0.3 is 4.74 Å². The maximum atomic E-state index is 5.96. The van der Waals surface area contributed by atoms with Gasteiger partial charge in [-0.25, -0.2) is 4.42 Å². The molecule has 1 atom stereocenters. The zero-order valence-corrected chi connectivity index (χ0v) is 7.93. The Bertz CT molecular complexity index is 314. The zero-order valence-electron chi connectivity index (χ0n) is 6.42. The predicted octanol–water partition coefficient (Wildman–Crippen LogP) is 2.95. The largest absolute Gasteiger partial charge is 0.451 e. The summed E-state index contributed by atoms with van der Waals surface area (Å²) in [4.78, 5) is 0. The van der Waals surface area contributed by atoms with Crippen molar-refractivity contribution in [3.8, 4) is 5.75 Å². The van der Waals surface area contributed by atoms with Crippen LogP contribution in [-0.4, -0.2) is 5.18 Å². The smallest absolute Gasteiger partial charge is 0.271 e. The predicted molar refractivity (Wildman–Crippen MR) is 49.7 cm³/mol. The molecule has 2 rings (SSSR count). The van der Waals surface area contributed by atoms with Gasteiger partial charge in [-0.05, 0) is 23.7 Å². The molecule has 1 aliphatic rings. The molecule has 1 aromatic rings. The molecule has 0 N–H and O–H groups in total. The molecule has 0 amide bonds. The van der Waals surface area contributed by atoms with Crippen molar-refractivity contribution >= 4 is 29.1 Å². The van der Waals surface area contributed by atoms with Crippen LogP contribution in [0.3, 0.4) is 0 Å². The number of hydrogen-bond donors (Lipinski definition) is 0. The highest BCUT2D eigenvalue weighted by atomic mass is 35.5. The number of hydrogen-bond acceptors (Lipinski definition) is 2. The molecule has 0 aliphatic carbocycles. The van der Waals surface area contributed by atoms with E-state index in [1.54, 1.807) is 6.92 Å². The van der Waals surface area contributed by atoms with Crippen molar-refractivity contribution in [1.29, 1.82) is 0 Å². The van der Waals surface area contributed by atoms with Crippen LogP contribution < -0.4 is 9.16 Å². The van der Waals surface area contributed by atoms with Crippen molar-refractivity contribution in [1.82, 2.24) is 0 Å². The van der Waals surface area contributed by atoms with Gasteiger partial charge in [0.05, 0.1) is 5.69 Å². The van der Waals surface area contributed by atoms with Gasteiger partial charge >= 0.3 is 0 Å². The van der Waals surface area contributed by atoms with Gasteiger partial charge in [0.15, 0.2) is 0 Å². The lowest BCUT2D eigenvalue weighted by Gasteiger charge is -2.21. The number of benzene rings is 1. The van der Waals surface area contributed by atoms with Crippen LogP contribution in [0.5, 0.6) is 5.75 Å². The van der Waals surface area contributed by atoms with Gasteiger partial charge in [-0.1, -0.05) is 12.1 Å². The summed E-state index contributed by atoms with van der Waals surface area (Å²) in [7, 11) is 0. The molecule has 1 aromatic carbocycles. The topological polar surface area (TPSA) is 12.5 Å². The Hall–Kier alpha value is -0.600. The molecule has 1 heterocycles. The first-order chi connectivity index (χ1) is 5.61. The lowest BCUT2D eigenvalue weighted by molar-refractivity contribution is 0.217. The average Bonchev–Trinajstić information content (AvgIpc) is 2.24. The van der Waals surface area contributed by atoms with E-state index in [4.69, 9.17) is 28.1 Å². The average molecular weight is 204 g/mol. The van der Waals surface area contributed by atoms with Crippen molar-refractivity contribution < 1.29 is 4.74 Å². The first-order valence-corrected chi connectivity index (χ1v) is 4.26. The number of ether oxygens (including phenoxy) is 1. The van der Waals surface area contributed by atoms with Crippen LogP contribution in [0.2, 0.25) is 0 Å². The molecule has 0 fully saturated rings. The fourth-order valence-electron chi connectivity index (χ4n) is 1.16. The second kappa shape index (κ2) is 2.44. The summed E-state index contributed by atoms with van der Waals surface area (Å²) in [5.41, 5.74) is 0.802. The van der Waals surface area contributed by atoms with E-state index < -0.39 is 5.18 Å². The van der Waals surface area contributed by atoms with Gasteiger partial charge in [0.25, 0.3) is 5.18 Å². The van der Waals surface area contributed by atoms with Gasteiger partial charge in [0.1, 0.15) is 5.75 Å². The molecule has 2 nitrogen and oxygen atoms in total. The van der Waals surface area contributed by atoms with Crippen LogP contribution in [0.25, 0.3) is 0 Å². The number of alkyl halides is 1. The molecular formula is C8H7Cl2NO. The van der Waals surface area contributed by atoms with E-state index >= 15 is 0 Å². The summed E-state index contributed by atoms with van der Waals surface area (Å²) in [5, 5.41) is -0.967. The molecule has 0 saturated carbocycles. The third-order valence-corrected chi connectivity index (χ3v) is 2.56. The van der Waals surface area contributed by atoms with Crippen LogP contribution in [-0.2, 0) is 0 Å². The normalized spacial score (nSPS) is 26.8. The molecule has 0 bridgehead atoms. The molecule has 0 spiro atoms. The highest BCUT2D eigenvalue weighted by Gasteiger charge is 2.39. The standard InChI is InChI=1S/C8H7Cl2NO/c1-8(9)11(10)6-4-2-3-5-7(6)12-8/h2-5H,1H3. The SMILES string of the molecule is CC1(Cl)Oc2ccccc2N1Cl. The Balaban J connectivity index is 2.49. The van der Waals surface area contributed by atoms with Gasteiger partial charge in [0.2, 0.25) is 0 Å². The molecule has 64 valence electrons. The van der Waals surface area contributed by atoms with Gasteiger partial charge in [-0.3, -0.25) is 0 Å². The van der Waals surface area contributed by atoms with Crippen molar-refractivity contribution in [2.24, 2.45) is 0 Å². The maximum absolute atomic E-state index is 5.96. The summed E-state index contributed by atoms with van der Waals surface area (Å²) in [6, 6.07) is 7.45. The summed E-state index contributed by atoms with van der Waals surface area (Å²) in [5.74, 6) is 0.713. The molecule has 1 unspecified atom stereocenters. The minimum atomic E-state index is -0.967. The van der Waals surface area contributed by atoms with Crippen LogP contribution in [0.1, 0.15) is 6.92 Å². The molecule has 4 heteroatoms. The molecule has 0 aromatic heterocycles. The lowest BCUT2D eigenvalue weighted by atomic mass is 10.3. The van der Waals surface area contributed by atoms with E-state index in [1.165, 1.54) is 4.42 Å². The highest BCUT2D eigenvalue weighted by molar-refractivity contribution is 6.36. The van der Waals surface area contributed by atoms with E-state index in [0.29, 0.717) is 5.75 Å². The lowest BCUT2D eigenvalue weighted by Crippen LogP contribution is -2.34. The van der Waals surface area contributed by atoms with E-state index in [2.05, 4.69) is 0 Å². The Labute approximate surface area is 80.7 Å². The Morgan fingerprint density at radius 1 is 1.42 bits per heavy atom. The van der Waals surface area contributed by atoms with Crippen LogP contribution in [0.4, 0.5) is 5.69 Å². The number of fused-ring (bicyclic) bond motifs is 1. The second-order valence-electron chi connectivity index (χ2n) is 2.72.